The summed E-state index contributed by atoms with van der Waals surface area (Å²) in [6.45, 7) is 0. The largest absolute Gasteiger partial charge is 0.506 e. The molecular formula is C19H13ClN4O3S. The number of H-pyrrole nitrogens is 1. The molecule has 0 aliphatic carbocycles. The number of aliphatic carboxylic acids is 1. The van der Waals surface area contributed by atoms with E-state index >= 15 is 0 Å². The van der Waals surface area contributed by atoms with Crippen molar-refractivity contribution in [3.05, 3.63) is 53.7 Å². The van der Waals surface area contributed by atoms with Gasteiger partial charge in [0.05, 0.1) is 22.0 Å². The summed E-state index contributed by atoms with van der Waals surface area (Å²) in [4.78, 5) is 26.8. The molecule has 3 N–H and O–H groups in total. The van der Waals surface area contributed by atoms with Gasteiger partial charge < -0.3 is 15.2 Å². The van der Waals surface area contributed by atoms with Crippen LogP contribution in [-0.2, 0) is 4.79 Å². The van der Waals surface area contributed by atoms with Crippen molar-refractivity contribution < 1.29 is 15.0 Å². The summed E-state index contributed by atoms with van der Waals surface area (Å²) in [5.74, 6) is -0.908. The van der Waals surface area contributed by atoms with E-state index in [0.29, 0.717) is 32.7 Å². The lowest BCUT2D eigenvalue weighted by Crippen LogP contribution is -1.97. The molecule has 0 amide bonds. The number of carbonyl (C=O) groups is 1. The maximum atomic E-state index is 10.7. The molecular weight excluding hydrogens is 400 g/mol. The number of nitrogens with one attached hydrogen (secondary N) is 1. The third kappa shape index (κ3) is 3.64. The molecule has 0 bridgehead atoms. The Balaban J connectivity index is 1.67. The first-order valence-corrected chi connectivity index (χ1v) is 9.53. The lowest BCUT2D eigenvalue weighted by molar-refractivity contribution is -0.133. The normalized spacial score (nSPS) is 11.0. The zero-order valence-electron chi connectivity index (χ0n) is 14.3. The van der Waals surface area contributed by atoms with Gasteiger partial charge in [0, 0.05) is 17.3 Å². The number of pyridine rings is 2. The Bertz CT molecular complexity index is 1180. The summed E-state index contributed by atoms with van der Waals surface area (Å²) in [6.07, 6.45) is 1.62. The minimum Gasteiger partial charge on any atom is -0.506 e. The topological polar surface area (TPSA) is 112 Å². The number of carboxylic acids is 1. The highest BCUT2D eigenvalue weighted by Gasteiger charge is 2.13. The van der Waals surface area contributed by atoms with Crippen LogP contribution < -0.4 is 0 Å². The predicted molar refractivity (Wildman–Crippen MR) is 108 cm³/mol. The number of carboxylic acid groups (broad SMARTS) is 1. The van der Waals surface area contributed by atoms with Crippen molar-refractivity contribution in [1.82, 2.24) is 19.9 Å². The highest BCUT2D eigenvalue weighted by molar-refractivity contribution is 7.99. The summed E-state index contributed by atoms with van der Waals surface area (Å²) in [7, 11) is 0. The fourth-order valence-corrected chi connectivity index (χ4v) is 3.56. The molecule has 0 unspecified atom stereocenters. The van der Waals surface area contributed by atoms with Gasteiger partial charge in [-0.05, 0) is 18.2 Å². The van der Waals surface area contributed by atoms with Gasteiger partial charge in [-0.15, -0.1) is 0 Å². The first-order chi connectivity index (χ1) is 13.5. The van der Waals surface area contributed by atoms with E-state index in [1.807, 2.05) is 24.3 Å². The maximum absolute atomic E-state index is 10.7. The first-order valence-electron chi connectivity index (χ1n) is 8.17. The highest BCUT2D eigenvalue weighted by Crippen LogP contribution is 2.32. The van der Waals surface area contributed by atoms with Crippen molar-refractivity contribution in [3.8, 4) is 28.3 Å². The third-order valence-corrected chi connectivity index (χ3v) is 5.10. The summed E-state index contributed by atoms with van der Waals surface area (Å²) in [5, 5.41) is 19.7. The molecule has 3 heterocycles. The predicted octanol–water partition coefficient (Wildman–Crippen LogP) is 4.22. The number of imidazole rings is 1. The number of aromatic amines is 1. The standard InChI is InChI=1S/C19H13ClN4O3S/c20-12-8-13-18(24-19(22-13)28-9-15(26)27)23-16(12)10-3-5-11(6-4-10)17-14(25)2-1-7-21-17/h1-8,25H,9H2,(H,26,27)(H,22,23,24). The van der Waals surface area contributed by atoms with Crippen LogP contribution in [-0.4, -0.2) is 41.9 Å². The average molecular weight is 413 g/mol. The lowest BCUT2D eigenvalue weighted by atomic mass is 10.1. The van der Waals surface area contributed by atoms with Gasteiger partial charge in [0.1, 0.15) is 11.4 Å². The Morgan fingerprint density at radius 3 is 2.50 bits per heavy atom. The second-order valence-corrected chi connectivity index (χ2v) is 7.23. The number of hydrogen-bond acceptors (Lipinski definition) is 6. The van der Waals surface area contributed by atoms with E-state index < -0.39 is 5.97 Å². The van der Waals surface area contributed by atoms with Gasteiger partial charge in [-0.3, -0.25) is 9.78 Å². The van der Waals surface area contributed by atoms with Crippen molar-refractivity contribution in [3.63, 3.8) is 0 Å². The molecule has 28 heavy (non-hydrogen) atoms. The number of halogens is 1. The molecule has 4 rings (SSSR count). The van der Waals surface area contributed by atoms with Crippen LogP contribution in [0.15, 0.2) is 53.8 Å². The van der Waals surface area contributed by atoms with Crippen LogP contribution in [0, 0.1) is 0 Å². The number of thioether (sulfide) groups is 1. The van der Waals surface area contributed by atoms with Gasteiger partial charge in [-0.1, -0.05) is 47.6 Å². The van der Waals surface area contributed by atoms with E-state index in [1.54, 1.807) is 24.4 Å². The van der Waals surface area contributed by atoms with Crippen LogP contribution in [0.4, 0.5) is 0 Å². The van der Waals surface area contributed by atoms with Gasteiger partial charge in [0.25, 0.3) is 0 Å². The van der Waals surface area contributed by atoms with Crippen LogP contribution >= 0.6 is 23.4 Å². The van der Waals surface area contributed by atoms with E-state index in [2.05, 4.69) is 19.9 Å². The molecule has 140 valence electrons. The van der Waals surface area contributed by atoms with Gasteiger partial charge in [-0.2, -0.15) is 0 Å². The van der Waals surface area contributed by atoms with Crippen molar-refractivity contribution in [2.75, 3.05) is 5.75 Å². The van der Waals surface area contributed by atoms with Crippen LogP contribution in [0.25, 0.3) is 33.7 Å². The van der Waals surface area contributed by atoms with Gasteiger partial charge in [-0.25, -0.2) is 9.97 Å². The number of aromatic hydroxyl groups is 1. The van der Waals surface area contributed by atoms with E-state index in [9.17, 15) is 9.90 Å². The van der Waals surface area contributed by atoms with Crippen molar-refractivity contribution in [2.24, 2.45) is 0 Å². The number of nitrogens with zero attached hydrogens (tertiary/aromatic N) is 3. The van der Waals surface area contributed by atoms with Crippen LogP contribution in [0.2, 0.25) is 5.02 Å². The fourth-order valence-electron chi connectivity index (χ4n) is 2.70. The maximum Gasteiger partial charge on any atom is 0.313 e. The Hall–Kier alpha value is -3.10. The first kappa shape index (κ1) is 18.3. The fraction of sp³-hybridized carbons (Fsp3) is 0.0526. The molecule has 0 aliphatic rings. The SMILES string of the molecule is O=C(O)CSc1nc2nc(-c3ccc(-c4ncccc4O)cc3)c(Cl)cc2[nH]1. The molecule has 0 saturated carbocycles. The molecule has 1 aromatic carbocycles. The number of fused-ring (bicyclic) bond motifs is 1. The van der Waals surface area contributed by atoms with Gasteiger partial charge in [0.15, 0.2) is 10.8 Å². The molecule has 3 aromatic heterocycles. The average Bonchev–Trinajstić information content (AvgIpc) is 3.08. The van der Waals surface area contributed by atoms with Crippen molar-refractivity contribution >= 4 is 40.5 Å². The van der Waals surface area contributed by atoms with E-state index in [0.717, 1.165) is 22.9 Å². The molecule has 0 radical (unpaired) electrons. The molecule has 9 heteroatoms. The van der Waals surface area contributed by atoms with Gasteiger partial charge in [0.2, 0.25) is 0 Å². The number of aromatic nitrogens is 4. The summed E-state index contributed by atoms with van der Waals surface area (Å²) in [6, 6.07) is 12.3. The van der Waals surface area contributed by atoms with Crippen molar-refractivity contribution in [1.29, 1.82) is 0 Å². The molecule has 0 aliphatic heterocycles. The van der Waals surface area contributed by atoms with Gasteiger partial charge >= 0.3 is 5.97 Å². The minimum absolute atomic E-state index is 0.0950. The summed E-state index contributed by atoms with van der Waals surface area (Å²) >= 11 is 7.48. The summed E-state index contributed by atoms with van der Waals surface area (Å²) < 4.78 is 0. The quantitative estimate of drug-likeness (QED) is 0.420. The molecule has 0 saturated heterocycles. The highest BCUT2D eigenvalue weighted by atomic mass is 35.5. The number of rotatable bonds is 5. The molecule has 7 nitrogen and oxygen atoms in total. The smallest absolute Gasteiger partial charge is 0.313 e. The number of benzene rings is 1. The van der Waals surface area contributed by atoms with Crippen molar-refractivity contribution in [2.45, 2.75) is 5.16 Å². The Morgan fingerprint density at radius 1 is 1.11 bits per heavy atom. The summed E-state index contributed by atoms with van der Waals surface area (Å²) in [5.41, 5.74) is 3.71. The lowest BCUT2D eigenvalue weighted by Gasteiger charge is -2.06. The second kappa shape index (κ2) is 7.49. The Labute approximate surface area is 168 Å². The zero-order valence-corrected chi connectivity index (χ0v) is 15.8. The molecule has 4 aromatic rings. The van der Waals surface area contributed by atoms with E-state index in [4.69, 9.17) is 16.7 Å². The number of hydrogen-bond donors (Lipinski definition) is 3. The van der Waals surface area contributed by atoms with E-state index in [-0.39, 0.29) is 11.5 Å². The molecule has 0 fully saturated rings. The molecule has 0 atom stereocenters. The monoisotopic (exact) mass is 412 g/mol. The Morgan fingerprint density at radius 2 is 1.82 bits per heavy atom. The van der Waals surface area contributed by atoms with Crippen LogP contribution in [0.3, 0.4) is 0 Å². The third-order valence-electron chi connectivity index (χ3n) is 3.96. The molecule has 0 spiro atoms. The van der Waals surface area contributed by atoms with Crippen LogP contribution in [0.1, 0.15) is 0 Å². The van der Waals surface area contributed by atoms with Crippen LogP contribution in [0.5, 0.6) is 5.75 Å². The minimum atomic E-state index is -0.920. The second-order valence-electron chi connectivity index (χ2n) is 5.86. The zero-order chi connectivity index (χ0) is 19.7. The Kier molecular flexibility index (Phi) is 4.89. The van der Waals surface area contributed by atoms with E-state index in [1.165, 1.54) is 0 Å².